The van der Waals surface area contributed by atoms with Gasteiger partial charge in [0.1, 0.15) is 18.1 Å². The van der Waals surface area contributed by atoms with Crippen molar-refractivity contribution in [2.24, 2.45) is 0 Å². The fourth-order valence-corrected chi connectivity index (χ4v) is 3.82. The molecule has 0 radical (unpaired) electrons. The highest BCUT2D eigenvalue weighted by Gasteiger charge is 2.13. The Morgan fingerprint density at radius 2 is 1.66 bits per heavy atom. The number of nitrogens with zero attached hydrogens (tertiary/aromatic N) is 1. The third kappa shape index (κ3) is 6.10. The van der Waals surface area contributed by atoms with Crippen LogP contribution in [0.1, 0.15) is 47.8 Å². The summed E-state index contributed by atoms with van der Waals surface area (Å²) >= 11 is 0. The maximum Gasteiger partial charge on any atom is 0.185 e. The molecule has 4 nitrogen and oxygen atoms in total. The fourth-order valence-electron chi connectivity index (χ4n) is 3.82. The summed E-state index contributed by atoms with van der Waals surface area (Å²) in [6.45, 7) is 6.94. The van der Waals surface area contributed by atoms with E-state index in [-0.39, 0.29) is 11.2 Å². The van der Waals surface area contributed by atoms with Crippen molar-refractivity contribution in [3.63, 3.8) is 0 Å². The number of methoxy groups -OCH3 is 1. The highest BCUT2D eigenvalue weighted by molar-refractivity contribution is 6.07. The summed E-state index contributed by atoms with van der Waals surface area (Å²) in [6.07, 6.45) is 7.34. The van der Waals surface area contributed by atoms with Crippen molar-refractivity contribution in [3.05, 3.63) is 120 Å². The van der Waals surface area contributed by atoms with Crippen molar-refractivity contribution in [1.29, 1.82) is 0 Å². The van der Waals surface area contributed by atoms with Crippen LogP contribution in [0.5, 0.6) is 11.5 Å². The Morgan fingerprint density at radius 1 is 0.914 bits per heavy atom. The Morgan fingerprint density at radius 3 is 2.34 bits per heavy atom. The van der Waals surface area contributed by atoms with Crippen molar-refractivity contribution in [2.45, 2.75) is 32.8 Å². The molecule has 3 aromatic carbocycles. The largest absolute Gasteiger partial charge is 0.496 e. The summed E-state index contributed by atoms with van der Waals surface area (Å²) in [5.74, 6) is 1.50. The zero-order chi connectivity index (χ0) is 24.8. The van der Waals surface area contributed by atoms with Gasteiger partial charge in [-0.1, -0.05) is 57.2 Å². The van der Waals surface area contributed by atoms with Gasteiger partial charge in [-0.3, -0.25) is 4.79 Å². The molecule has 35 heavy (non-hydrogen) atoms. The minimum Gasteiger partial charge on any atom is -0.496 e. The highest BCUT2D eigenvalue weighted by Crippen LogP contribution is 2.26. The van der Waals surface area contributed by atoms with E-state index in [0.717, 1.165) is 28.3 Å². The van der Waals surface area contributed by atoms with Crippen LogP contribution in [0.3, 0.4) is 0 Å². The normalized spacial score (nSPS) is 11.5. The van der Waals surface area contributed by atoms with Crippen LogP contribution < -0.4 is 9.47 Å². The molecular weight excluding hydrogens is 434 g/mol. The predicted octanol–water partition coefficient (Wildman–Crippen LogP) is 7.26. The maximum absolute atomic E-state index is 12.8. The Kier molecular flexibility index (Phi) is 7.21. The van der Waals surface area contributed by atoms with Crippen LogP contribution in [-0.2, 0) is 12.0 Å². The molecule has 0 aliphatic heterocycles. The Balaban J connectivity index is 1.46. The van der Waals surface area contributed by atoms with Gasteiger partial charge in [0.15, 0.2) is 5.78 Å². The first-order chi connectivity index (χ1) is 16.8. The highest BCUT2D eigenvalue weighted by atomic mass is 16.5. The quantitative estimate of drug-likeness (QED) is 0.203. The van der Waals surface area contributed by atoms with Gasteiger partial charge in [-0.2, -0.15) is 0 Å². The smallest absolute Gasteiger partial charge is 0.185 e. The maximum atomic E-state index is 12.8. The number of carbonyl (C=O) groups is 1. The molecular formula is C31H31NO3. The zero-order valence-corrected chi connectivity index (χ0v) is 20.7. The first-order valence-corrected chi connectivity index (χ1v) is 11.7. The van der Waals surface area contributed by atoms with Crippen LogP contribution in [0.15, 0.2) is 97.3 Å². The number of hydrogen-bond acceptors (Lipinski definition) is 3. The van der Waals surface area contributed by atoms with E-state index in [2.05, 4.69) is 32.9 Å². The molecule has 0 spiro atoms. The number of allylic oxidation sites excluding steroid dienone is 1. The van der Waals surface area contributed by atoms with Crippen LogP contribution in [0.4, 0.5) is 0 Å². The van der Waals surface area contributed by atoms with Crippen LogP contribution in [0.25, 0.3) is 11.8 Å². The molecule has 4 aromatic rings. The lowest BCUT2D eigenvalue weighted by atomic mass is 9.87. The van der Waals surface area contributed by atoms with E-state index in [1.807, 2.05) is 89.8 Å². The average molecular weight is 466 g/mol. The lowest BCUT2D eigenvalue weighted by molar-refractivity contribution is 0.104. The Labute approximate surface area is 207 Å². The van der Waals surface area contributed by atoms with E-state index >= 15 is 0 Å². The van der Waals surface area contributed by atoms with Crippen molar-refractivity contribution in [1.82, 2.24) is 4.57 Å². The van der Waals surface area contributed by atoms with Crippen molar-refractivity contribution in [2.75, 3.05) is 7.11 Å². The predicted molar refractivity (Wildman–Crippen MR) is 142 cm³/mol. The SMILES string of the molecule is COc1ccc(/C=C/C(=O)c2cccc(-n3cccc3)c2)cc1COc1ccc(C(C)(C)C)cc1. The van der Waals surface area contributed by atoms with Gasteiger partial charge in [-0.05, 0) is 71.1 Å². The Bertz CT molecular complexity index is 1310. The molecule has 1 aromatic heterocycles. The first kappa shape index (κ1) is 24.1. The second-order valence-electron chi connectivity index (χ2n) is 9.47. The molecule has 1 heterocycles. The second kappa shape index (κ2) is 10.5. The molecule has 0 saturated carbocycles. The third-order valence-electron chi connectivity index (χ3n) is 5.88. The van der Waals surface area contributed by atoms with E-state index in [1.165, 1.54) is 5.56 Å². The molecule has 0 atom stereocenters. The third-order valence-corrected chi connectivity index (χ3v) is 5.88. The number of ether oxygens (including phenoxy) is 2. The van der Waals surface area contributed by atoms with Crippen molar-refractivity contribution >= 4 is 11.9 Å². The molecule has 0 fully saturated rings. The summed E-state index contributed by atoms with van der Waals surface area (Å²) in [4.78, 5) is 12.8. The van der Waals surface area contributed by atoms with E-state index in [0.29, 0.717) is 12.2 Å². The van der Waals surface area contributed by atoms with Crippen LogP contribution >= 0.6 is 0 Å². The van der Waals surface area contributed by atoms with Crippen molar-refractivity contribution < 1.29 is 14.3 Å². The number of carbonyl (C=O) groups excluding carboxylic acids is 1. The zero-order valence-electron chi connectivity index (χ0n) is 20.7. The summed E-state index contributed by atoms with van der Waals surface area (Å²) < 4.78 is 13.5. The van der Waals surface area contributed by atoms with Gasteiger partial charge in [0.2, 0.25) is 0 Å². The molecule has 0 bridgehead atoms. The molecule has 178 valence electrons. The van der Waals surface area contributed by atoms with Gasteiger partial charge in [0, 0.05) is 29.2 Å². The fraction of sp³-hybridized carbons (Fsp3) is 0.194. The molecule has 0 unspecified atom stereocenters. The number of benzene rings is 3. The minimum atomic E-state index is -0.0495. The topological polar surface area (TPSA) is 40.5 Å². The molecule has 0 N–H and O–H groups in total. The summed E-state index contributed by atoms with van der Waals surface area (Å²) in [6, 6.07) is 25.5. The number of hydrogen-bond donors (Lipinski definition) is 0. The van der Waals surface area contributed by atoms with Gasteiger partial charge in [0.05, 0.1) is 7.11 Å². The Hall–Kier alpha value is -4.05. The van der Waals surface area contributed by atoms with Crippen molar-refractivity contribution in [3.8, 4) is 17.2 Å². The van der Waals surface area contributed by atoms with Gasteiger partial charge in [0.25, 0.3) is 0 Å². The molecule has 4 heteroatoms. The van der Waals surface area contributed by atoms with Gasteiger partial charge in [-0.15, -0.1) is 0 Å². The molecule has 0 amide bonds. The van der Waals surface area contributed by atoms with Crippen LogP contribution in [0, 0.1) is 0 Å². The number of rotatable bonds is 8. The van der Waals surface area contributed by atoms with E-state index in [1.54, 1.807) is 13.2 Å². The van der Waals surface area contributed by atoms with Crippen LogP contribution in [-0.4, -0.2) is 17.5 Å². The average Bonchev–Trinajstić information content (AvgIpc) is 3.41. The summed E-state index contributed by atoms with van der Waals surface area (Å²) in [5.41, 5.74) is 4.78. The van der Waals surface area contributed by atoms with E-state index < -0.39 is 0 Å². The summed E-state index contributed by atoms with van der Waals surface area (Å²) in [5, 5.41) is 0. The first-order valence-electron chi connectivity index (χ1n) is 11.7. The standard InChI is InChI=1S/C31H31NO3/c1-31(2,3)26-12-14-28(15-13-26)35-22-25-20-23(11-17-30(25)34-4)10-16-29(33)24-8-7-9-27(21-24)32-18-5-6-19-32/h5-21H,22H2,1-4H3/b16-10+. The molecule has 0 aliphatic carbocycles. The molecule has 0 saturated heterocycles. The minimum absolute atomic E-state index is 0.0495. The lowest BCUT2D eigenvalue weighted by Crippen LogP contribution is -2.10. The van der Waals surface area contributed by atoms with Crippen LogP contribution in [0.2, 0.25) is 0 Å². The van der Waals surface area contributed by atoms with E-state index in [4.69, 9.17) is 9.47 Å². The van der Waals surface area contributed by atoms with Gasteiger partial charge in [-0.25, -0.2) is 0 Å². The van der Waals surface area contributed by atoms with Gasteiger partial charge >= 0.3 is 0 Å². The molecule has 0 aliphatic rings. The monoisotopic (exact) mass is 465 g/mol. The number of aromatic nitrogens is 1. The number of ketones is 1. The van der Waals surface area contributed by atoms with Gasteiger partial charge < -0.3 is 14.0 Å². The second-order valence-corrected chi connectivity index (χ2v) is 9.47. The molecule has 4 rings (SSSR count). The van der Waals surface area contributed by atoms with E-state index in [9.17, 15) is 4.79 Å². The summed E-state index contributed by atoms with van der Waals surface area (Å²) in [7, 11) is 1.65. The lowest BCUT2D eigenvalue weighted by Gasteiger charge is -2.19.